The molecule has 2 aromatic rings. The maximum atomic E-state index is 12.0. The molecule has 2 N–H and O–H groups in total. The minimum absolute atomic E-state index is 0.0529. The molecule has 0 aliphatic carbocycles. The van der Waals surface area contributed by atoms with Crippen LogP contribution >= 0.6 is 0 Å². The van der Waals surface area contributed by atoms with Crippen molar-refractivity contribution in [3.63, 3.8) is 0 Å². The van der Waals surface area contributed by atoms with Crippen LogP contribution in [0.25, 0.3) is 5.65 Å². The first-order valence-corrected chi connectivity index (χ1v) is 8.59. The minimum atomic E-state index is -4.60. The van der Waals surface area contributed by atoms with E-state index < -0.39 is 37.2 Å². The van der Waals surface area contributed by atoms with E-state index in [0.29, 0.717) is 12.1 Å². The van der Waals surface area contributed by atoms with E-state index in [4.69, 9.17) is 4.74 Å². The molecule has 0 spiro atoms. The van der Waals surface area contributed by atoms with Crippen molar-refractivity contribution in [2.45, 2.75) is 39.8 Å². The third-order valence-corrected chi connectivity index (χ3v) is 3.93. The maximum Gasteiger partial charge on any atom is 0.405 e. The summed E-state index contributed by atoms with van der Waals surface area (Å²) in [5, 5.41) is 7.44. The molecule has 0 unspecified atom stereocenters. The standard InChI is InChI=1S/C17H20F3N5O4/c1-9-6-13-22-10(2)12(11(3)25(13)24-9)4-5-15(27)29-7-14(26)23-16(28)21-8-17(18,19)20/h6H,4-5,7-8H2,1-3H3,(H2,21,23,26,28). The largest absolute Gasteiger partial charge is 0.456 e. The molecular weight excluding hydrogens is 395 g/mol. The number of alkyl halides is 3. The molecule has 2 rings (SSSR count). The lowest BCUT2D eigenvalue weighted by Gasteiger charge is -2.11. The zero-order valence-electron chi connectivity index (χ0n) is 16.0. The number of urea groups is 1. The lowest BCUT2D eigenvalue weighted by atomic mass is 10.1. The number of rotatable bonds is 6. The molecule has 3 amide bonds. The van der Waals surface area contributed by atoms with Gasteiger partial charge in [0.15, 0.2) is 12.3 Å². The van der Waals surface area contributed by atoms with Gasteiger partial charge in [-0.05, 0) is 32.8 Å². The molecule has 0 aromatic carbocycles. The molecule has 2 heterocycles. The maximum absolute atomic E-state index is 12.0. The van der Waals surface area contributed by atoms with Crippen molar-refractivity contribution in [3.8, 4) is 0 Å². The predicted octanol–water partition coefficient (Wildman–Crippen LogP) is 1.52. The number of carbonyl (C=O) groups excluding carboxylic acids is 3. The number of ether oxygens (including phenoxy) is 1. The molecule has 0 saturated heterocycles. The Labute approximate surface area is 163 Å². The third-order valence-electron chi connectivity index (χ3n) is 3.93. The number of amides is 3. The lowest BCUT2D eigenvalue weighted by Crippen LogP contribution is -2.44. The lowest BCUT2D eigenvalue weighted by molar-refractivity contribution is -0.148. The zero-order chi connectivity index (χ0) is 21.8. The van der Waals surface area contributed by atoms with Crippen LogP contribution in [0.2, 0.25) is 0 Å². The monoisotopic (exact) mass is 415 g/mol. The Bertz CT molecular complexity index is 939. The Kier molecular flexibility index (Phi) is 6.77. The van der Waals surface area contributed by atoms with Crippen LogP contribution in [0.15, 0.2) is 6.07 Å². The van der Waals surface area contributed by atoms with Gasteiger partial charge in [-0.2, -0.15) is 18.3 Å². The van der Waals surface area contributed by atoms with Gasteiger partial charge in [0.1, 0.15) is 6.54 Å². The van der Waals surface area contributed by atoms with Crippen molar-refractivity contribution in [2.24, 2.45) is 0 Å². The molecular formula is C17H20F3N5O4. The number of hydrogen-bond donors (Lipinski definition) is 2. The Morgan fingerprint density at radius 1 is 1.21 bits per heavy atom. The fourth-order valence-electron chi connectivity index (χ4n) is 2.64. The SMILES string of the molecule is Cc1cc2nc(C)c(CCC(=O)OCC(=O)NC(=O)NCC(F)(F)F)c(C)n2n1. The summed E-state index contributed by atoms with van der Waals surface area (Å²) in [5.74, 6) is -1.74. The highest BCUT2D eigenvalue weighted by molar-refractivity contribution is 5.95. The summed E-state index contributed by atoms with van der Waals surface area (Å²) in [5.41, 5.74) is 3.88. The Morgan fingerprint density at radius 2 is 1.90 bits per heavy atom. The van der Waals surface area contributed by atoms with Gasteiger partial charge in [-0.25, -0.2) is 14.3 Å². The van der Waals surface area contributed by atoms with Crippen LogP contribution in [0.5, 0.6) is 0 Å². The number of esters is 1. The summed E-state index contributed by atoms with van der Waals surface area (Å²) in [6.45, 7) is 3.13. The Hall–Kier alpha value is -3.18. The van der Waals surface area contributed by atoms with Crippen molar-refractivity contribution >= 4 is 23.6 Å². The zero-order valence-corrected chi connectivity index (χ0v) is 16.0. The fraction of sp³-hybridized carbons (Fsp3) is 0.471. The average molecular weight is 415 g/mol. The van der Waals surface area contributed by atoms with E-state index in [0.717, 1.165) is 22.6 Å². The quantitative estimate of drug-likeness (QED) is 0.692. The van der Waals surface area contributed by atoms with Gasteiger partial charge in [-0.3, -0.25) is 14.9 Å². The first kappa shape index (κ1) is 22.1. The highest BCUT2D eigenvalue weighted by atomic mass is 19.4. The molecule has 0 fully saturated rings. The van der Waals surface area contributed by atoms with Gasteiger partial charge in [0, 0.05) is 23.9 Å². The van der Waals surface area contributed by atoms with E-state index >= 15 is 0 Å². The second kappa shape index (κ2) is 8.88. The number of fused-ring (bicyclic) bond motifs is 1. The Morgan fingerprint density at radius 3 is 2.55 bits per heavy atom. The van der Waals surface area contributed by atoms with Gasteiger partial charge in [0.05, 0.1) is 5.69 Å². The van der Waals surface area contributed by atoms with Crippen molar-refractivity contribution in [1.82, 2.24) is 25.2 Å². The summed E-state index contributed by atoms with van der Waals surface area (Å²) in [4.78, 5) is 38.9. The first-order valence-electron chi connectivity index (χ1n) is 8.59. The van der Waals surface area contributed by atoms with Gasteiger partial charge < -0.3 is 10.1 Å². The molecule has 9 nitrogen and oxygen atoms in total. The summed E-state index contributed by atoms with van der Waals surface area (Å²) >= 11 is 0. The van der Waals surface area contributed by atoms with Crippen LogP contribution in [0.3, 0.4) is 0 Å². The molecule has 0 atom stereocenters. The molecule has 0 saturated carbocycles. The van der Waals surface area contributed by atoms with Crippen LogP contribution in [-0.4, -0.2) is 51.8 Å². The molecule has 0 aliphatic heterocycles. The summed E-state index contributed by atoms with van der Waals surface area (Å²) in [6.07, 6.45) is -4.36. The second-order valence-electron chi connectivity index (χ2n) is 6.32. The van der Waals surface area contributed by atoms with Crippen LogP contribution in [0, 0.1) is 20.8 Å². The topological polar surface area (TPSA) is 115 Å². The summed E-state index contributed by atoms with van der Waals surface area (Å²) < 4.78 is 42.3. The van der Waals surface area contributed by atoms with E-state index in [-0.39, 0.29) is 6.42 Å². The van der Waals surface area contributed by atoms with Gasteiger partial charge in [-0.1, -0.05) is 0 Å². The minimum Gasteiger partial charge on any atom is -0.456 e. The summed E-state index contributed by atoms with van der Waals surface area (Å²) in [7, 11) is 0. The number of nitrogens with one attached hydrogen (secondary N) is 2. The number of aromatic nitrogens is 3. The van der Waals surface area contributed by atoms with E-state index in [1.165, 1.54) is 5.32 Å². The van der Waals surface area contributed by atoms with Crippen molar-refractivity contribution in [2.75, 3.05) is 13.2 Å². The molecule has 0 aliphatic rings. The van der Waals surface area contributed by atoms with Gasteiger partial charge >= 0.3 is 18.2 Å². The van der Waals surface area contributed by atoms with Crippen LogP contribution in [-0.2, 0) is 20.7 Å². The molecule has 2 aromatic heterocycles. The first-order chi connectivity index (χ1) is 13.5. The highest BCUT2D eigenvalue weighted by Gasteiger charge is 2.28. The second-order valence-corrected chi connectivity index (χ2v) is 6.32. The summed E-state index contributed by atoms with van der Waals surface area (Å²) in [6, 6.07) is 0.505. The van der Waals surface area contributed by atoms with E-state index in [2.05, 4.69) is 10.1 Å². The molecule has 0 bridgehead atoms. The van der Waals surface area contributed by atoms with Crippen molar-refractivity contribution in [3.05, 3.63) is 28.7 Å². The third kappa shape index (κ3) is 6.43. The number of halogens is 3. The van der Waals surface area contributed by atoms with E-state index in [1.54, 1.807) is 9.83 Å². The normalized spacial score (nSPS) is 11.4. The van der Waals surface area contributed by atoms with Gasteiger partial charge in [-0.15, -0.1) is 0 Å². The van der Waals surface area contributed by atoms with Crippen LogP contribution < -0.4 is 10.6 Å². The van der Waals surface area contributed by atoms with Crippen molar-refractivity contribution < 1.29 is 32.3 Å². The predicted molar refractivity (Wildman–Crippen MR) is 94.1 cm³/mol. The Balaban J connectivity index is 1.82. The van der Waals surface area contributed by atoms with Gasteiger partial charge in [0.2, 0.25) is 0 Å². The fourth-order valence-corrected chi connectivity index (χ4v) is 2.64. The van der Waals surface area contributed by atoms with E-state index in [9.17, 15) is 27.6 Å². The number of hydrogen-bond acceptors (Lipinski definition) is 6. The molecule has 12 heteroatoms. The number of aryl methyl sites for hydroxylation is 3. The molecule has 29 heavy (non-hydrogen) atoms. The smallest absolute Gasteiger partial charge is 0.405 e. The number of imide groups is 1. The molecule has 158 valence electrons. The van der Waals surface area contributed by atoms with E-state index in [1.807, 2.05) is 26.8 Å². The molecule has 0 radical (unpaired) electrons. The van der Waals surface area contributed by atoms with Crippen molar-refractivity contribution in [1.29, 1.82) is 0 Å². The number of nitrogens with zero attached hydrogens (tertiary/aromatic N) is 3. The average Bonchev–Trinajstić information content (AvgIpc) is 2.98. The van der Waals surface area contributed by atoms with Gasteiger partial charge in [0.25, 0.3) is 5.91 Å². The highest BCUT2D eigenvalue weighted by Crippen LogP contribution is 2.17. The number of carbonyl (C=O) groups is 3. The van der Waals surface area contributed by atoms with Crippen LogP contribution in [0.1, 0.15) is 29.1 Å². The van der Waals surface area contributed by atoms with Crippen LogP contribution in [0.4, 0.5) is 18.0 Å².